The summed E-state index contributed by atoms with van der Waals surface area (Å²) in [5.74, 6) is -1.52. The molecule has 4 heteroatoms. The maximum atomic E-state index is 11.7. The molecule has 0 fully saturated rings. The highest BCUT2D eigenvalue weighted by molar-refractivity contribution is 6.41. The Hall–Kier alpha value is -1.35. The van der Waals surface area contributed by atoms with Gasteiger partial charge in [-0.25, -0.2) is 4.79 Å². The third-order valence-electron chi connectivity index (χ3n) is 2.50. The second kappa shape index (κ2) is 5.53. The van der Waals surface area contributed by atoms with Gasteiger partial charge in [0.2, 0.25) is 0 Å². The van der Waals surface area contributed by atoms with E-state index in [1.54, 1.807) is 19.1 Å². The maximum Gasteiger partial charge on any atom is 0.379 e. The van der Waals surface area contributed by atoms with Crippen molar-refractivity contribution in [2.24, 2.45) is 0 Å². The molecule has 0 saturated carbocycles. The van der Waals surface area contributed by atoms with Crippen LogP contribution >= 0.6 is 11.6 Å². The molecule has 0 N–H and O–H groups in total. The molecule has 0 radical (unpaired) electrons. The zero-order chi connectivity index (χ0) is 13.9. The van der Waals surface area contributed by atoms with Crippen LogP contribution in [0.5, 0.6) is 0 Å². The molecular weight excluding hydrogens is 252 g/mol. The van der Waals surface area contributed by atoms with E-state index in [2.05, 4.69) is 4.74 Å². The molecule has 0 aliphatic heterocycles. The lowest BCUT2D eigenvalue weighted by Crippen LogP contribution is -2.18. The van der Waals surface area contributed by atoms with Gasteiger partial charge in [-0.1, -0.05) is 44.5 Å². The molecule has 1 aromatic carbocycles. The molecular formula is C14H17ClO3. The molecule has 0 aromatic heterocycles. The first-order chi connectivity index (χ1) is 8.27. The van der Waals surface area contributed by atoms with E-state index < -0.39 is 11.8 Å². The van der Waals surface area contributed by atoms with Gasteiger partial charge in [0.15, 0.2) is 0 Å². The van der Waals surface area contributed by atoms with Crippen LogP contribution in [0, 0.1) is 0 Å². The van der Waals surface area contributed by atoms with Crippen LogP contribution < -0.4 is 0 Å². The van der Waals surface area contributed by atoms with E-state index in [0.29, 0.717) is 5.02 Å². The van der Waals surface area contributed by atoms with Crippen LogP contribution in [0.4, 0.5) is 0 Å². The fourth-order valence-corrected chi connectivity index (χ4v) is 2.04. The van der Waals surface area contributed by atoms with Crippen molar-refractivity contribution in [1.29, 1.82) is 0 Å². The summed E-state index contributed by atoms with van der Waals surface area (Å²) in [6, 6.07) is 4.89. The maximum absolute atomic E-state index is 11.7. The molecule has 0 aliphatic rings. The third-order valence-corrected chi connectivity index (χ3v) is 2.81. The van der Waals surface area contributed by atoms with Crippen LogP contribution in [0.1, 0.15) is 43.6 Å². The number of carbonyl (C=O) groups excluding carboxylic acids is 2. The monoisotopic (exact) mass is 268 g/mol. The molecule has 0 spiro atoms. The number of benzene rings is 1. The Morgan fingerprint density at radius 2 is 1.89 bits per heavy atom. The van der Waals surface area contributed by atoms with E-state index in [1.165, 1.54) is 6.07 Å². The third kappa shape index (κ3) is 3.33. The minimum atomic E-state index is -0.850. The fraction of sp³-hybridized carbons (Fsp3) is 0.429. The van der Waals surface area contributed by atoms with Gasteiger partial charge < -0.3 is 4.74 Å². The Morgan fingerprint density at radius 3 is 2.33 bits per heavy atom. The van der Waals surface area contributed by atoms with Crippen molar-refractivity contribution < 1.29 is 14.3 Å². The van der Waals surface area contributed by atoms with Gasteiger partial charge in [0, 0.05) is 10.6 Å². The Kier molecular flexibility index (Phi) is 4.52. The van der Waals surface area contributed by atoms with Gasteiger partial charge in [-0.05, 0) is 24.0 Å². The minimum absolute atomic E-state index is 0.109. The van der Waals surface area contributed by atoms with E-state index >= 15 is 0 Å². The summed E-state index contributed by atoms with van der Waals surface area (Å²) in [4.78, 5) is 23.0. The van der Waals surface area contributed by atoms with Gasteiger partial charge in [-0.2, -0.15) is 0 Å². The fourth-order valence-electron chi connectivity index (χ4n) is 1.58. The van der Waals surface area contributed by atoms with E-state index in [1.807, 2.05) is 20.8 Å². The molecule has 1 aromatic rings. The van der Waals surface area contributed by atoms with E-state index in [4.69, 9.17) is 11.6 Å². The zero-order valence-corrected chi connectivity index (χ0v) is 11.8. The summed E-state index contributed by atoms with van der Waals surface area (Å²) in [5.41, 5.74) is 1.08. The average Bonchev–Trinajstić information content (AvgIpc) is 2.26. The van der Waals surface area contributed by atoms with Gasteiger partial charge in [0.05, 0.1) is 6.61 Å². The Bertz CT molecular complexity index is 472. The van der Waals surface area contributed by atoms with Gasteiger partial charge >= 0.3 is 5.97 Å². The standard InChI is InChI=1S/C14H17ClO3/c1-5-18-13(17)12(16)9-6-7-10(11(15)8-9)14(2,3)4/h6-8H,5H2,1-4H3. The molecule has 3 nitrogen and oxygen atoms in total. The van der Waals surface area contributed by atoms with Gasteiger partial charge in [-0.15, -0.1) is 0 Å². The summed E-state index contributed by atoms with van der Waals surface area (Å²) < 4.78 is 4.66. The molecule has 18 heavy (non-hydrogen) atoms. The minimum Gasteiger partial charge on any atom is -0.460 e. The summed E-state index contributed by atoms with van der Waals surface area (Å²) in [5, 5.41) is 0.484. The highest BCUT2D eigenvalue weighted by Gasteiger charge is 2.21. The Balaban J connectivity index is 3.05. The van der Waals surface area contributed by atoms with Crippen LogP contribution in [0.3, 0.4) is 0 Å². The number of esters is 1. The molecule has 0 amide bonds. The quantitative estimate of drug-likeness (QED) is 0.479. The first-order valence-corrected chi connectivity index (χ1v) is 6.16. The number of ether oxygens (including phenoxy) is 1. The summed E-state index contributed by atoms with van der Waals surface area (Å²) in [6.07, 6.45) is 0. The molecule has 0 bridgehead atoms. The largest absolute Gasteiger partial charge is 0.460 e. The molecule has 1 rings (SSSR count). The van der Waals surface area contributed by atoms with Crippen molar-refractivity contribution in [3.05, 3.63) is 34.3 Å². The molecule has 0 heterocycles. The Labute approximate surface area is 112 Å². The second-order valence-electron chi connectivity index (χ2n) is 4.99. The van der Waals surface area contributed by atoms with Gasteiger partial charge in [0.1, 0.15) is 0 Å². The van der Waals surface area contributed by atoms with Gasteiger partial charge in [-0.3, -0.25) is 4.79 Å². The summed E-state index contributed by atoms with van der Waals surface area (Å²) in [7, 11) is 0. The smallest absolute Gasteiger partial charge is 0.379 e. The number of hydrogen-bond acceptors (Lipinski definition) is 3. The molecule has 98 valence electrons. The molecule has 0 unspecified atom stereocenters. The number of halogens is 1. The van der Waals surface area contributed by atoms with Crippen LogP contribution in [0.25, 0.3) is 0 Å². The average molecular weight is 269 g/mol. The first kappa shape index (κ1) is 14.7. The van der Waals surface area contributed by atoms with Crippen molar-refractivity contribution in [3.8, 4) is 0 Å². The van der Waals surface area contributed by atoms with Crippen molar-refractivity contribution in [1.82, 2.24) is 0 Å². The van der Waals surface area contributed by atoms with Crippen LogP contribution in [-0.2, 0) is 14.9 Å². The number of Topliss-reactive ketones (excluding diaryl/α,β-unsaturated/α-hetero) is 1. The normalized spacial score (nSPS) is 11.2. The van der Waals surface area contributed by atoms with E-state index in [-0.39, 0.29) is 17.6 Å². The number of hydrogen-bond donors (Lipinski definition) is 0. The lowest BCUT2D eigenvalue weighted by molar-refractivity contribution is -0.137. The number of carbonyl (C=O) groups is 2. The lowest BCUT2D eigenvalue weighted by Gasteiger charge is -2.20. The van der Waals surface area contributed by atoms with E-state index in [0.717, 1.165) is 5.56 Å². The second-order valence-corrected chi connectivity index (χ2v) is 5.40. The van der Waals surface area contributed by atoms with Crippen LogP contribution in [0.2, 0.25) is 5.02 Å². The van der Waals surface area contributed by atoms with Gasteiger partial charge in [0.25, 0.3) is 5.78 Å². The molecule has 0 atom stereocenters. The highest BCUT2D eigenvalue weighted by Crippen LogP contribution is 2.30. The summed E-state index contributed by atoms with van der Waals surface area (Å²) >= 11 is 6.14. The van der Waals surface area contributed by atoms with Crippen molar-refractivity contribution in [2.75, 3.05) is 6.61 Å². The van der Waals surface area contributed by atoms with Crippen LogP contribution in [0.15, 0.2) is 18.2 Å². The Morgan fingerprint density at radius 1 is 1.28 bits per heavy atom. The van der Waals surface area contributed by atoms with E-state index in [9.17, 15) is 9.59 Å². The number of rotatable bonds is 3. The number of ketones is 1. The molecule has 0 saturated heterocycles. The SMILES string of the molecule is CCOC(=O)C(=O)c1ccc(C(C)(C)C)c(Cl)c1. The summed E-state index contributed by atoms with van der Waals surface area (Å²) in [6.45, 7) is 7.92. The van der Waals surface area contributed by atoms with Crippen molar-refractivity contribution >= 4 is 23.4 Å². The topological polar surface area (TPSA) is 43.4 Å². The van der Waals surface area contributed by atoms with Crippen molar-refractivity contribution in [2.45, 2.75) is 33.1 Å². The van der Waals surface area contributed by atoms with Crippen molar-refractivity contribution in [3.63, 3.8) is 0 Å². The highest BCUT2D eigenvalue weighted by atomic mass is 35.5. The lowest BCUT2D eigenvalue weighted by atomic mass is 9.86. The first-order valence-electron chi connectivity index (χ1n) is 5.79. The van der Waals surface area contributed by atoms with Crippen LogP contribution in [-0.4, -0.2) is 18.4 Å². The zero-order valence-electron chi connectivity index (χ0n) is 11.0. The molecule has 0 aliphatic carbocycles. The predicted molar refractivity (Wildman–Crippen MR) is 71.1 cm³/mol. The predicted octanol–water partition coefficient (Wildman–Crippen LogP) is 3.38.